The zero-order valence-electron chi connectivity index (χ0n) is 16.0. The predicted octanol–water partition coefficient (Wildman–Crippen LogP) is 4.37. The molecule has 0 fully saturated rings. The zero-order valence-corrected chi connectivity index (χ0v) is 16.0. The highest BCUT2D eigenvalue weighted by Crippen LogP contribution is 2.15. The lowest BCUT2D eigenvalue weighted by atomic mass is 10.1. The quantitative estimate of drug-likeness (QED) is 0.560. The Morgan fingerprint density at radius 3 is 2.24 bits per heavy atom. The van der Waals surface area contributed by atoms with Crippen LogP contribution in [-0.2, 0) is 4.79 Å². The summed E-state index contributed by atoms with van der Waals surface area (Å²) >= 11 is 0. The highest BCUT2D eigenvalue weighted by Gasteiger charge is 2.11. The van der Waals surface area contributed by atoms with Crippen molar-refractivity contribution in [2.75, 3.05) is 17.2 Å². The van der Waals surface area contributed by atoms with Crippen LogP contribution in [0.4, 0.5) is 15.8 Å². The van der Waals surface area contributed by atoms with Gasteiger partial charge in [0.15, 0.2) is 0 Å². The Labute approximate surface area is 169 Å². The van der Waals surface area contributed by atoms with Gasteiger partial charge < -0.3 is 16.0 Å². The van der Waals surface area contributed by atoms with Gasteiger partial charge in [-0.15, -0.1) is 0 Å². The summed E-state index contributed by atoms with van der Waals surface area (Å²) in [5, 5.41) is 8.41. The largest absolute Gasteiger partial charge is 0.376 e. The molecule has 0 heterocycles. The monoisotopic (exact) mass is 391 g/mol. The smallest absolute Gasteiger partial charge is 0.251 e. The van der Waals surface area contributed by atoms with Crippen LogP contribution in [0, 0.1) is 5.82 Å². The normalized spacial score (nSPS) is 11.4. The number of carbonyl (C=O) groups is 2. The number of anilines is 2. The van der Waals surface area contributed by atoms with E-state index in [1.54, 1.807) is 36.4 Å². The Bertz CT molecular complexity index is 975. The summed E-state index contributed by atoms with van der Waals surface area (Å²) in [4.78, 5) is 24.4. The van der Waals surface area contributed by atoms with E-state index in [4.69, 9.17) is 0 Å². The molecule has 0 saturated carbocycles. The van der Waals surface area contributed by atoms with Crippen molar-refractivity contribution in [1.82, 2.24) is 5.32 Å². The van der Waals surface area contributed by atoms with Crippen LogP contribution in [0.25, 0.3) is 0 Å². The highest BCUT2D eigenvalue weighted by molar-refractivity contribution is 5.95. The van der Waals surface area contributed by atoms with Crippen LogP contribution in [0.3, 0.4) is 0 Å². The van der Waals surface area contributed by atoms with E-state index in [0.29, 0.717) is 11.3 Å². The second-order valence-corrected chi connectivity index (χ2v) is 6.56. The molecule has 3 aromatic carbocycles. The lowest BCUT2D eigenvalue weighted by molar-refractivity contribution is -0.114. The Kier molecular flexibility index (Phi) is 6.58. The summed E-state index contributed by atoms with van der Waals surface area (Å²) in [7, 11) is 0. The van der Waals surface area contributed by atoms with E-state index in [9.17, 15) is 14.0 Å². The van der Waals surface area contributed by atoms with Crippen molar-refractivity contribution in [3.63, 3.8) is 0 Å². The molecule has 29 heavy (non-hydrogen) atoms. The fourth-order valence-corrected chi connectivity index (χ4v) is 2.78. The molecular formula is C23H22FN3O2. The topological polar surface area (TPSA) is 70.2 Å². The van der Waals surface area contributed by atoms with Crippen molar-refractivity contribution in [3.05, 3.63) is 95.8 Å². The fourth-order valence-electron chi connectivity index (χ4n) is 2.78. The molecule has 5 nitrogen and oxygen atoms in total. The van der Waals surface area contributed by atoms with E-state index in [1.165, 1.54) is 12.1 Å². The van der Waals surface area contributed by atoms with Gasteiger partial charge in [0.05, 0.1) is 18.3 Å². The first-order valence-corrected chi connectivity index (χ1v) is 9.27. The second kappa shape index (κ2) is 9.50. The minimum atomic E-state index is -0.485. The van der Waals surface area contributed by atoms with Crippen molar-refractivity contribution >= 4 is 23.2 Å². The van der Waals surface area contributed by atoms with E-state index in [0.717, 1.165) is 5.56 Å². The number of nitrogens with one attached hydrogen (secondary N) is 3. The molecule has 2 amide bonds. The van der Waals surface area contributed by atoms with E-state index >= 15 is 0 Å². The molecule has 3 aromatic rings. The van der Waals surface area contributed by atoms with Gasteiger partial charge in [-0.3, -0.25) is 9.59 Å². The number of benzene rings is 3. The van der Waals surface area contributed by atoms with Crippen molar-refractivity contribution in [2.45, 2.75) is 13.0 Å². The van der Waals surface area contributed by atoms with Gasteiger partial charge in [-0.25, -0.2) is 4.39 Å². The van der Waals surface area contributed by atoms with Gasteiger partial charge >= 0.3 is 0 Å². The summed E-state index contributed by atoms with van der Waals surface area (Å²) in [6.07, 6.45) is 0. The van der Waals surface area contributed by atoms with Gasteiger partial charge in [0.2, 0.25) is 5.91 Å². The average Bonchev–Trinajstić information content (AvgIpc) is 2.75. The molecule has 3 rings (SSSR count). The Morgan fingerprint density at radius 2 is 1.55 bits per heavy atom. The zero-order chi connectivity index (χ0) is 20.6. The van der Waals surface area contributed by atoms with Gasteiger partial charge in [0.1, 0.15) is 5.82 Å². The Hall–Kier alpha value is -3.67. The van der Waals surface area contributed by atoms with Crippen LogP contribution in [0.1, 0.15) is 28.9 Å². The lowest BCUT2D eigenvalue weighted by Crippen LogP contribution is -2.26. The van der Waals surface area contributed by atoms with Crippen molar-refractivity contribution in [1.29, 1.82) is 0 Å². The minimum Gasteiger partial charge on any atom is -0.376 e. The lowest BCUT2D eigenvalue weighted by Gasteiger charge is -2.14. The third-order valence-electron chi connectivity index (χ3n) is 4.40. The van der Waals surface area contributed by atoms with Gasteiger partial charge in [-0.1, -0.05) is 42.5 Å². The molecule has 148 valence electrons. The van der Waals surface area contributed by atoms with Gasteiger partial charge in [-0.05, 0) is 48.9 Å². The Morgan fingerprint density at radius 1 is 0.897 bits per heavy atom. The summed E-state index contributed by atoms with van der Waals surface area (Å²) in [6, 6.07) is 22.4. The number of hydrogen-bond donors (Lipinski definition) is 3. The fraction of sp³-hybridized carbons (Fsp3) is 0.130. The molecule has 0 aliphatic rings. The molecule has 0 bridgehead atoms. The van der Waals surface area contributed by atoms with Crippen LogP contribution >= 0.6 is 0 Å². The third kappa shape index (κ3) is 5.65. The maximum Gasteiger partial charge on any atom is 0.251 e. The molecule has 0 spiro atoms. The number of halogens is 1. The number of para-hydroxylation sites is 1. The molecule has 1 unspecified atom stereocenters. The van der Waals surface area contributed by atoms with Crippen LogP contribution in [-0.4, -0.2) is 18.4 Å². The molecule has 1 atom stereocenters. The van der Waals surface area contributed by atoms with Crippen LogP contribution in [0.15, 0.2) is 78.9 Å². The highest BCUT2D eigenvalue weighted by atomic mass is 19.1. The van der Waals surface area contributed by atoms with E-state index < -0.39 is 5.82 Å². The summed E-state index contributed by atoms with van der Waals surface area (Å²) in [5.74, 6) is -1.03. The molecule has 0 radical (unpaired) electrons. The Balaban J connectivity index is 1.51. The molecule has 0 aliphatic carbocycles. The van der Waals surface area contributed by atoms with Gasteiger partial charge in [0.25, 0.3) is 5.91 Å². The van der Waals surface area contributed by atoms with Crippen LogP contribution < -0.4 is 16.0 Å². The number of carbonyl (C=O) groups excluding carboxylic acids is 2. The third-order valence-corrected chi connectivity index (χ3v) is 4.40. The number of hydrogen-bond acceptors (Lipinski definition) is 3. The van der Waals surface area contributed by atoms with Crippen molar-refractivity contribution < 1.29 is 14.0 Å². The molecule has 0 aromatic heterocycles. The van der Waals surface area contributed by atoms with Gasteiger partial charge in [0, 0.05) is 11.3 Å². The predicted molar refractivity (Wildman–Crippen MR) is 112 cm³/mol. The SMILES string of the molecule is CC(NC(=O)c1ccc(NCC(=O)Nc2ccccc2F)cc1)c1ccccc1. The van der Waals surface area contributed by atoms with Crippen LogP contribution in [0.5, 0.6) is 0 Å². The first kappa shape index (κ1) is 20.1. The number of amides is 2. The molecule has 0 saturated heterocycles. The second-order valence-electron chi connectivity index (χ2n) is 6.56. The van der Waals surface area contributed by atoms with E-state index in [1.807, 2.05) is 37.3 Å². The number of rotatable bonds is 7. The van der Waals surface area contributed by atoms with Crippen molar-refractivity contribution in [2.24, 2.45) is 0 Å². The van der Waals surface area contributed by atoms with Crippen LogP contribution in [0.2, 0.25) is 0 Å². The maximum absolute atomic E-state index is 13.6. The maximum atomic E-state index is 13.6. The first-order chi connectivity index (χ1) is 14.0. The summed E-state index contributed by atoms with van der Waals surface area (Å²) < 4.78 is 13.6. The van der Waals surface area contributed by atoms with E-state index in [2.05, 4.69) is 16.0 Å². The first-order valence-electron chi connectivity index (χ1n) is 9.27. The minimum absolute atomic E-state index is 0.0229. The average molecular weight is 391 g/mol. The summed E-state index contributed by atoms with van der Waals surface area (Å²) in [5.41, 5.74) is 2.37. The van der Waals surface area contributed by atoms with Crippen molar-refractivity contribution in [3.8, 4) is 0 Å². The van der Waals surface area contributed by atoms with E-state index in [-0.39, 0.29) is 30.1 Å². The molecule has 6 heteroatoms. The standard InChI is InChI=1S/C23H22FN3O2/c1-16(17-7-3-2-4-8-17)26-23(29)18-11-13-19(14-12-18)25-15-22(28)27-21-10-6-5-9-20(21)24/h2-14,16,25H,15H2,1H3,(H,26,29)(H,27,28). The molecule has 0 aliphatic heterocycles. The molecule has 3 N–H and O–H groups in total. The molecular weight excluding hydrogens is 369 g/mol. The summed E-state index contributed by atoms with van der Waals surface area (Å²) in [6.45, 7) is 1.91. The van der Waals surface area contributed by atoms with Gasteiger partial charge in [-0.2, -0.15) is 0 Å².